The first-order valence-electron chi connectivity index (χ1n) is 6.48. The smallest absolute Gasteiger partial charge is 0.290 e. The molecule has 2 rings (SSSR count). The summed E-state index contributed by atoms with van der Waals surface area (Å²) >= 11 is 0. The van der Waals surface area contributed by atoms with Crippen molar-refractivity contribution in [3.05, 3.63) is 71.2 Å². The molecule has 108 valence electrons. The number of methoxy groups -OCH3 is 1. The van der Waals surface area contributed by atoms with Crippen LogP contribution in [-0.2, 0) is 9.53 Å². The fraction of sp³-hybridized carbons (Fsp3) is 0.118. The molecule has 2 aromatic rings. The summed E-state index contributed by atoms with van der Waals surface area (Å²) in [6.45, 7) is 1.97. The number of rotatable bonds is 4. The summed E-state index contributed by atoms with van der Waals surface area (Å²) in [4.78, 5) is 12.1. The third kappa shape index (κ3) is 4.18. The highest BCUT2D eigenvalue weighted by Gasteiger charge is 2.10. The molecular formula is C17H16FNO2. The SMILES string of the molecule is CO/C(=C\c1ccc(F)cc1)C(=O)Nc1ccc(C)cc1. The van der Waals surface area contributed by atoms with E-state index in [1.165, 1.54) is 19.2 Å². The second-order valence-electron chi connectivity index (χ2n) is 4.58. The zero-order valence-corrected chi connectivity index (χ0v) is 11.9. The number of anilines is 1. The van der Waals surface area contributed by atoms with E-state index in [2.05, 4.69) is 5.32 Å². The average molecular weight is 285 g/mol. The Balaban J connectivity index is 2.14. The van der Waals surface area contributed by atoms with Crippen molar-refractivity contribution >= 4 is 17.7 Å². The average Bonchev–Trinajstić information content (AvgIpc) is 2.49. The third-order valence-corrected chi connectivity index (χ3v) is 2.92. The first-order valence-corrected chi connectivity index (χ1v) is 6.48. The van der Waals surface area contributed by atoms with Crippen molar-refractivity contribution in [2.45, 2.75) is 6.92 Å². The van der Waals surface area contributed by atoms with Gasteiger partial charge in [-0.25, -0.2) is 4.39 Å². The van der Waals surface area contributed by atoms with Gasteiger partial charge in [-0.05, 0) is 42.8 Å². The minimum absolute atomic E-state index is 0.155. The molecule has 0 atom stereocenters. The molecule has 21 heavy (non-hydrogen) atoms. The highest BCUT2D eigenvalue weighted by Crippen LogP contribution is 2.13. The van der Waals surface area contributed by atoms with E-state index in [9.17, 15) is 9.18 Å². The topological polar surface area (TPSA) is 38.3 Å². The molecule has 0 bridgehead atoms. The van der Waals surface area contributed by atoms with E-state index in [1.54, 1.807) is 18.2 Å². The number of amides is 1. The summed E-state index contributed by atoms with van der Waals surface area (Å²) in [6, 6.07) is 13.3. The van der Waals surface area contributed by atoms with Gasteiger partial charge in [0.2, 0.25) is 0 Å². The molecule has 0 aromatic heterocycles. The van der Waals surface area contributed by atoms with Gasteiger partial charge in [-0.3, -0.25) is 4.79 Å². The largest absolute Gasteiger partial charge is 0.491 e. The Bertz CT molecular complexity index is 645. The Kier molecular flexibility index (Phi) is 4.72. The molecule has 0 unspecified atom stereocenters. The molecule has 0 fully saturated rings. The standard InChI is InChI=1S/C17H16FNO2/c1-12-3-9-15(10-4-12)19-17(20)16(21-2)11-13-5-7-14(18)8-6-13/h3-11H,1-2H3,(H,19,20)/b16-11-. The van der Waals surface area contributed by atoms with Crippen LogP contribution in [0.4, 0.5) is 10.1 Å². The third-order valence-electron chi connectivity index (χ3n) is 2.92. The van der Waals surface area contributed by atoms with Gasteiger partial charge < -0.3 is 10.1 Å². The molecule has 3 nitrogen and oxygen atoms in total. The van der Waals surface area contributed by atoms with Crippen LogP contribution in [0.2, 0.25) is 0 Å². The van der Waals surface area contributed by atoms with E-state index >= 15 is 0 Å². The van der Waals surface area contributed by atoms with Gasteiger partial charge in [0.25, 0.3) is 5.91 Å². The van der Waals surface area contributed by atoms with Gasteiger partial charge in [0.1, 0.15) is 5.82 Å². The van der Waals surface area contributed by atoms with Crippen molar-refractivity contribution < 1.29 is 13.9 Å². The van der Waals surface area contributed by atoms with E-state index in [-0.39, 0.29) is 17.5 Å². The van der Waals surface area contributed by atoms with Crippen molar-refractivity contribution in [3.63, 3.8) is 0 Å². The molecule has 0 spiro atoms. The zero-order valence-electron chi connectivity index (χ0n) is 11.9. The van der Waals surface area contributed by atoms with Crippen LogP contribution in [0.3, 0.4) is 0 Å². The maximum absolute atomic E-state index is 12.9. The second-order valence-corrected chi connectivity index (χ2v) is 4.58. The maximum atomic E-state index is 12.9. The minimum atomic E-state index is -0.356. The number of halogens is 1. The number of nitrogens with one attached hydrogen (secondary N) is 1. The summed E-state index contributed by atoms with van der Waals surface area (Å²) in [6.07, 6.45) is 1.56. The second kappa shape index (κ2) is 6.70. The molecule has 0 saturated heterocycles. The molecule has 0 heterocycles. The van der Waals surface area contributed by atoms with Crippen LogP contribution in [0.25, 0.3) is 6.08 Å². The number of hydrogen-bond donors (Lipinski definition) is 1. The lowest BCUT2D eigenvalue weighted by Gasteiger charge is -2.08. The number of ether oxygens (including phenoxy) is 1. The lowest BCUT2D eigenvalue weighted by Crippen LogP contribution is -2.15. The van der Waals surface area contributed by atoms with Crippen LogP contribution < -0.4 is 5.32 Å². The lowest BCUT2D eigenvalue weighted by molar-refractivity contribution is -0.115. The van der Waals surface area contributed by atoms with E-state index in [0.29, 0.717) is 11.3 Å². The van der Waals surface area contributed by atoms with Gasteiger partial charge in [0.05, 0.1) is 7.11 Å². The molecule has 4 heteroatoms. The van der Waals surface area contributed by atoms with Crippen LogP contribution in [0, 0.1) is 12.7 Å². The van der Waals surface area contributed by atoms with Crippen molar-refractivity contribution in [2.75, 3.05) is 12.4 Å². The summed E-state index contributed by atoms with van der Waals surface area (Å²) in [5, 5.41) is 2.75. The first-order chi connectivity index (χ1) is 10.1. The van der Waals surface area contributed by atoms with Crippen LogP contribution in [-0.4, -0.2) is 13.0 Å². The summed E-state index contributed by atoms with van der Waals surface area (Å²) < 4.78 is 18.0. The van der Waals surface area contributed by atoms with Crippen molar-refractivity contribution in [2.24, 2.45) is 0 Å². The summed E-state index contributed by atoms with van der Waals surface area (Å²) in [5.41, 5.74) is 2.49. The van der Waals surface area contributed by atoms with Crippen molar-refractivity contribution in [1.29, 1.82) is 0 Å². The highest BCUT2D eigenvalue weighted by molar-refractivity contribution is 6.05. The predicted molar refractivity (Wildman–Crippen MR) is 81.2 cm³/mol. The Morgan fingerprint density at radius 2 is 1.71 bits per heavy atom. The fourth-order valence-corrected chi connectivity index (χ4v) is 1.76. The molecule has 1 N–H and O–H groups in total. The van der Waals surface area contributed by atoms with Gasteiger partial charge >= 0.3 is 0 Å². The van der Waals surface area contributed by atoms with Crippen LogP contribution in [0.1, 0.15) is 11.1 Å². The first kappa shape index (κ1) is 14.8. The van der Waals surface area contributed by atoms with Crippen molar-refractivity contribution in [1.82, 2.24) is 0 Å². The van der Waals surface area contributed by atoms with E-state index in [0.717, 1.165) is 5.56 Å². The normalized spacial score (nSPS) is 11.1. The Morgan fingerprint density at radius 3 is 2.29 bits per heavy atom. The fourth-order valence-electron chi connectivity index (χ4n) is 1.76. The molecule has 0 radical (unpaired) electrons. The minimum Gasteiger partial charge on any atom is -0.491 e. The molecule has 0 aliphatic heterocycles. The van der Waals surface area contributed by atoms with E-state index < -0.39 is 0 Å². The van der Waals surface area contributed by atoms with E-state index in [4.69, 9.17) is 4.74 Å². The predicted octanol–water partition coefficient (Wildman–Crippen LogP) is 3.76. The highest BCUT2D eigenvalue weighted by atomic mass is 19.1. The van der Waals surface area contributed by atoms with Crippen molar-refractivity contribution in [3.8, 4) is 0 Å². The van der Waals surface area contributed by atoms with Gasteiger partial charge in [0.15, 0.2) is 5.76 Å². The maximum Gasteiger partial charge on any atom is 0.290 e. The van der Waals surface area contributed by atoms with Crippen LogP contribution >= 0.6 is 0 Å². The summed E-state index contributed by atoms with van der Waals surface area (Å²) in [7, 11) is 1.42. The number of carbonyl (C=O) groups excluding carboxylic acids is 1. The number of hydrogen-bond acceptors (Lipinski definition) is 2. The molecule has 2 aromatic carbocycles. The molecule has 0 aliphatic carbocycles. The molecule has 0 aliphatic rings. The van der Waals surface area contributed by atoms with Crippen LogP contribution in [0.5, 0.6) is 0 Å². The summed E-state index contributed by atoms with van der Waals surface area (Å²) in [5.74, 6) is -0.525. The Hall–Kier alpha value is -2.62. The monoisotopic (exact) mass is 285 g/mol. The van der Waals surface area contributed by atoms with Gasteiger partial charge in [-0.1, -0.05) is 29.8 Å². The zero-order chi connectivity index (χ0) is 15.2. The molecular weight excluding hydrogens is 269 g/mol. The van der Waals surface area contributed by atoms with E-state index in [1.807, 2.05) is 31.2 Å². The van der Waals surface area contributed by atoms with Gasteiger partial charge in [-0.2, -0.15) is 0 Å². The molecule has 1 amide bonds. The number of aryl methyl sites for hydroxylation is 1. The number of benzene rings is 2. The molecule has 0 saturated carbocycles. The lowest BCUT2D eigenvalue weighted by atomic mass is 10.2. The van der Waals surface area contributed by atoms with Crippen LogP contribution in [0.15, 0.2) is 54.3 Å². The Labute approximate surface area is 123 Å². The quantitative estimate of drug-likeness (QED) is 0.686. The Morgan fingerprint density at radius 1 is 1.10 bits per heavy atom. The van der Waals surface area contributed by atoms with Gasteiger partial charge in [-0.15, -0.1) is 0 Å². The van der Waals surface area contributed by atoms with Gasteiger partial charge in [0, 0.05) is 5.69 Å². The number of carbonyl (C=O) groups is 1.